The van der Waals surface area contributed by atoms with Gasteiger partial charge in [-0.1, -0.05) is 0 Å². The first-order valence-corrected chi connectivity index (χ1v) is 5.82. The molecule has 0 spiro atoms. The predicted molar refractivity (Wildman–Crippen MR) is 69.8 cm³/mol. The van der Waals surface area contributed by atoms with E-state index in [4.69, 9.17) is 0 Å². The van der Waals surface area contributed by atoms with E-state index in [0.29, 0.717) is 6.07 Å². The third-order valence-electron chi connectivity index (χ3n) is 2.95. The van der Waals surface area contributed by atoms with Crippen LogP contribution in [0.25, 0.3) is 10.9 Å². The largest absolute Gasteiger partial charge is 0.336 e. The van der Waals surface area contributed by atoms with Crippen molar-refractivity contribution in [3.8, 4) is 0 Å². The highest BCUT2D eigenvalue weighted by atomic mass is 19.2. The highest BCUT2D eigenvalue weighted by molar-refractivity contribution is 5.81. The lowest BCUT2D eigenvalue weighted by molar-refractivity contribution is -0.386. The van der Waals surface area contributed by atoms with Crippen LogP contribution in [0.15, 0.2) is 23.1 Å². The van der Waals surface area contributed by atoms with Crippen LogP contribution in [0.5, 0.6) is 0 Å². The lowest BCUT2D eigenvalue weighted by Gasteiger charge is -2.25. The lowest BCUT2D eigenvalue weighted by Crippen LogP contribution is -2.25. The molecule has 2 rings (SSSR count). The van der Waals surface area contributed by atoms with Gasteiger partial charge in [0.2, 0.25) is 0 Å². The third-order valence-corrected chi connectivity index (χ3v) is 2.95. The van der Waals surface area contributed by atoms with Gasteiger partial charge in [0.15, 0.2) is 11.6 Å². The Morgan fingerprint density at radius 2 is 1.75 bits per heavy atom. The fraction of sp³-hybridized carbons (Fsp3) is 0.308. The fourth-order valence-corrected chi connectivity index (χ4v) is 1.99. The van der Waals surface area contributed by atoms with Gasteiger partial charge in [-0.25, -0.2) is 8.78 Å². The molecular formula is C13H12F2N2O3. The van der Waals surface area contributed by atoms with E-state index in [9.17, 15) is 23.7 Å². The van der Waals surface area contributed by atoms with Crippen LogP contribution in [0.2, 0.25) is 0 Å². The number of nitrogens with zero attached hydrogens (tertiary/aromatic N) is 2. The molecule has 7 heteroatoms. The van der Waals surface area contributed by atoms with Crippen molar-refractivity contribution in [3.05, 3.63) is 50.3 Å². The van der Waals surface area contributed by atoms with Crippen molar-refractivity contribution in [2.24, 2.45) is 0 Å². The van der Waals surface area contributed by atoms with Crippen molar-refractivity contribution in [2.75, 3.05) is 0 Å². The molecule has 0 fully saturated rings. The van der Waals surface area contributed by atoms with Crippen LogP contribution in [0.3, 0.4) is 0 Å². The van der Waals surface area contributed by atoms with Crippen LogP contribution >= 0.6 is 0 Å². The summed E-state index contributed by atoms with van der Waals surface area (Å²) in [5.41, 5.74) is -2.11. The predicted octanol–water partition coefficient (Wildman–Crippen LogP) is 2.94. The monoisotopic (exact) mass is 282 g/mol. The van der Waals surface area contributed by atoms with Crippen molar-refractivity contribution in [3.63, 3.8) is 0 Å². The minimum atomic E-state index is -1.21. The zero-order valence-electron chi connectivity index (χ0n) is 11.1. The van der Waals surface area contributed by atoms with Crippen LogP contribution in [0, 0.1) is 21.7 Å². The molecule has 1 aromatic heterocycles. The molecule has 0 radical (unpaired) electrons. The first-order chi connectivity index (χ1) is 9.12. The molecule has 0 amide bonds. The van der Waals surface area contributed by atoms with Gasteiger partial charge in [0.25, 0.3) is 5.43 Å². The molecule has 0 aliphatic heterocycles. The number of nitro groups is 1. The molecule has 0 aliphatic rings. The Balaban J connectivity index is 3.05. The van der Waals surface area contributed by atoms with E-state index in [1.165, 1.54) is 4.57 Å². The fourth-order valence-electron chi connectivity index (χ4n) is 1.99. The number of halogens is 2. The Morgan fingerprint density at radius 3 is 2.25 bits per heavy atom. The Bertz CT molecular complexity index is 776. The average Bonchev–Trinajstić information content (AvgIpc) is 2.30. The van der Waals surface area contributed by atoms with Gasteiger partial charge in [-0.3, -0.25) is 14.9 Å². The second-order valence-electron chi connectivity index (χ2n) is 5.42. The van der Waals surface area contributed by atoms with E-state index in [-0.39, 0.29) is 10.9 Å². The molecular weight excluding hydrogens is 270 g/mol. The molecule has 0 unspecified atom stereocenters. The molecule has 0 atom stereocenters. The van der Waals surface area contributed by atoms with Crippen molar-refractivity contribution in [1.29, 1.82) is 0 Å². The maximum absolute atomic E-state index is 13.4. The number of hydrogen-bond acceptors (Lipinski definition) is 3. The van der Waals surface area contributed by atoms with Crippen molar-refractivity contribution in [2.45, 2.75) is 26.3 Å². The second kappa shape index (κ2) is 4.36. The summed E-state index contributed by atoms with van der Waals surface area (Å²) < 4.78 is 28.1. The first-order valence-electron chi connectivity index (χ1n) is 5.82. The van der Waals surface area contributed by atoms with Gasteiger partial charge >= 0.3 is 5.69 Å². The molecule has 0 N–H and O–H groups in total. The Labute approximate surface area is 112 Å². The second-order valence-corrected chi connectivity index (χ2v) is 5.42. The standard InChI is InChI=1S/C13H12F2N2O3/c1-13(2,3)16-6-11(17(19)20)12(18)7-4-8(14)9(15)5-10(7)16/h4-6H,1-3H3. The number of aromatic nitrogens is 1. The number of benzene rings is 1. The summed E-state index contributed by atoms with van der Waals surface area (Å²) in [7, 11) is 0. The van der Waals surface area contributed by atoms with E-state index in [2.05, 4.69) is 0 Å². The van der Waals surface area contributed by atoms with Gasteiger partial charge in [-0.2, -0.15) is 0 Å². The summed E-state index contributed by atoms with van der Waals surface area (Å²) in [4.78, 5) is 22.1. The summed E-state index contributed by atoms with van der Waals surface area (Å²) >= 11 is 0. The minimum Gasteiger partial charge on any atom is -0.336 e. The summed E-state index contributed by atoms with van der Waals surface area (Å²) in [6.45, 7) is 5.21. The molecule has 0 saturated heterocycles. The quantitative estimate of drug-likeness (QED) is 0.596. The van der Waals surface area contributed by atoms with Crippen LogP contribution in [-0.2, 0) is 5.54 Å². The SMILES string of the molecule is CC(C)(C)n1cc([N+](=O)[O-])c(=O)c2cc(F)c(F)cc21. The molecule has 0 saturated carbocycles. The van der Waals surface area contributed by atoms with E-state index < -0.39 is 33.2 Å². The number of fused-ring (bicyclic) bond motifs is 1. The summed E-state index contributed by atoms with van der Waals surface area (Å²) in [6.07, 6.45) is 1.06. The molecule has 106 valence electrons. The molecule has 20 heavy (non-hydrogen) atoms. The Morgan fingerprint density at radius 1 is 1.20 bits per heavy atom. The normalized spacial score (nSPS) is 11.8. The summed E-state index contributed by atoms with van der Waals surface area (Å²) in [5.74, 6) is -2.32. The zero-order valence-corrected chi connectivity index (χ0v) is 11.1. The molecule has 0 bridgehead atoms. The third kappa shape index (κ3) is 2.15. The zero-order chi connectivity index (χ0) is 15.2. The van der Waals surface area contributed by atoms with Gasteiger partial charge in [-0.05, 0) is 26.8 Å². The number of pyridine rings is 1. The van der Waals surface area contributed by atoms with Gasteiger partial charge < -0.3 is 4.57 Å². The van der Waals surface area contributed by atoms with Crippen molar-refractivity contribution < 1.29 is 13.7 Å². The maximum Gasteiger partial charge on any atom is 0.333 e. The number of rotatable bonds is 1. The summed E-state index contributed by atoms with van der Waals surface area (Å²) in [5, 5.41) is 10.7. The van der Waals surface area contributed by atoms with Gasteiger partial charge in [0.1, 0.15) is 0 Å². The van der Waals surface area contributed by atoms with Gasteiger partial charge in [-0.15, -0.1) is 0 Å². The smallest absolute Gasteiger partial charge is 0.333 e. The molecule has 1 heterocycles. The van der Waals surface area contributed by atoms with Crippen molar-refractivity contribution >= 4 is 16.6 Å². The van der Waals surface area contributed by atoms with Crippen LogP contribution in [-0.4, -0.2) is 9.49 Å². The highest BCUT2D eigenvalue weighted by Gasteiger charge is 2.24. The van der Waals surface area contributed by atoms with Gasteiger partial charge in [0.05, 0.1) is 22.0 Å². The topological polar surface area (TPSA) is 65.1 Å². The summed E-state index contributed by atoms with van der Waals surface area (Å²) in [6, 6.07) is 1.57. The Kier molecular flexibility index (Phi) is 3.08. The maximum atomic E-state index is 13.4. The minimum absolute atomic E-state index is 0.118. The van der Waals surface area contributed by atoms with E-state index in [0.717, 1.165) is 12.3 Å². The first kappa shape index (κ1) is 14.1. The van der Waals surface area contributed by atoms with Crippen LogP contribution < -0.4 is 5.43 Å². The average molecular weight is 282 g/mol. The van der Waals surface area contributed by atoms with Crippen molar-refractivity contribution in [1.82, 2.24) is 4.57 Å². The van der Waals surface area contributed by atoms with Gasteiger partial charge in [0, 0.05) is 11.6 Å². The molecule has 2 aromatic rings. The van der Waals surface area contributed by atoms with E-state index >= 15 is 0 Å². The van der Waals surface area contributed by atoms with Crippen LogP contribution in [0.1, 0.15) is 20.8 Å². The van der Waals surface area contributed by atoms with Crippen LogP contribution in [0.4, 0.5) is 14.5 Å². The molecule has 0 aliphatic carbocycles. The molecule has 1 aromatic carbocycles. The number of hydrogen-bond donors (Lipinski definition) is 0. The Hall–Kier alpha value is -2.31. The molecule has 5 nitrogen and oxygen atoms in total. The van der Waals surface area contributed by atoms with E-state index in [1.54, 1.807) is 20.8 Å². The lowest BCUT2D eigenvalue weighted by atomic mass is 10.1. The highest BCUT2D eigenvalue weighted by Crippen LogP contribution is 2.25. The van der Waals surface area contributed by atoms with E-state index in [1.807, 2.05) is 0 Å².